The number of fused-ring (bicyclic) bond motifs is 1. The van der Waals surface area contributed by atoms with Gasteiger partial charge >= 0.3 is 0 Å². The molecule has 0 fully saturated rings. The molecule has 0 amide bonds. The van der Waals surface area contributed by atoms with Gasteiger partial charge in [-0.15, -0.1) is 0 Å². The molecule has 0 saturated heterocycles. The van der Waals surface area contributed by atoms with E-state index in [-0.39, 0.29) is 0 Å². The summed E-state index contributed by atoms with van der Waals surface area (Å²) in [7, 11) is 0. The Kier molecular flexibility index (Phi) is 2.29. The Morgan fingerprint density at radius 2 is 1.88 bits per heavy atom. The van der Waals surface area contributed by atoms with Gasteiger partial charge in [0.2, 0.25) is 0 Å². The van der Waals surface area contributed by atoms with Gasteiger partial charge in [0, 0.05) is 17.8 Å². The molecule has 0 bridgehead atoms. The molecule has 0 aliphatic rings. The summed E-state index contributed by atoms with van der Waals surface area (Å²) in [6, 6.07) is 10.3. The largest absolute Gasteiger partial charge is 0.261 e. The number of aromatic nitrogens is 3. The van der Waals surface area contributed by atoms with Crippen LogP contribution in [0.2, 0.25) is 0 Å². The first-order valence-corrected chi connectivity index (χ1v) is 5.47. The van der Waals surface area contributed by atoms with Crippen LogP contribution in [0, 0.1) is 6.92 Å². The number of pyridine rings is 1. The van der Waals surface area contributed by atoms with E-state index in [9.17, 15) is 0 Å². The predicted molar refractivity (Wildman–Crippen MR) is 67.5 cm³/mol. The third-order valence-corrected chi connectivity index (χ3v) is 2.67. The molecule has 0 N–H and O–H groups in total. The van der Waals surface area contributed by atoms with Crippen molar-refractivity contribution in [3.05, 3.63) is 54.5 Å². The summed E-state index contributed by atoms with van der Waals surface area (Å²) in [6.45, 7) is 2.08. The molecule has 3 nitrogen and oxygen atoms in total. The van der Waals surface area contributed by atoms with E-state index in [2.05, 4.69) is 40.1 Å². The summed E-state index contributed by atoms with van der Waals surface area (Å²) >= 11 is 0. The number of nitrogens with zero attached hydrogens (tertiary/aromatic N) is 3. The first kappa shape index (κ1) is 9.90. The lowest BCUT2D eigenvalue weighted by Gasteiger charge is -2.02. The lowest BCUT2D eigenvalue weighted by molar-refractivity contribution is 1.19. The maximum Gasteiger partial charge on any atom is 0.107 e. The number of aryl methyl sites for hydroxylation is 1. The van der Waals surface area contributed by atoms with Gasteiger partial charge < -0.3 is 0 Å². The molecule has 3 heteroatoms. The van der Waals surface area contributed by atoms with Crippen molar-refractivity contribution < 1.29 is 0 Å². The van der Waals surface area contributed by atoms with Crippen molar-refractivity contribution in [2.75, 3.05) is 0 Å². The van der Waals surface area contributed by atoms with Gasteiger partial charge in [-0.1, -0.05) is 17.7 Å². The van der Waals surface area contributed by atoms with Crippen LogP contribution in [0.4, 0.5) is 0 Å². The lowest BCUT2D eigenvalue weighted by Crippen LogP contribution is -1.89. The summed E-state index contributed by atoms with van der Waals surface area (Å²) in [4.78, 5) is 12.9. The lowest BCUT2D eigenvalue weighted by atomic mass is 10.1. The third kappa shape index (κ3) is 1.87. The van der Waals surface area contributed by atoms with Crippen molar-refractivity contribution in [1.82, 2.24) is 15.0 Å². The molecule has 17 heavy (non-hydrogen) atoms. The van der Waals surface area contributed by atoms with Crippen LogP contribution in [0.3, 0.4) is 0 Å². The predicted octanol–water partition coefficient (Wildman–Crippen LogP) is 3.00. The van der Waals surface area contributed by atoms with E-state index in [1.165, 1.54) is 5.56 Å². The highest BCUT2D eigenvalue weighted by Crippen LogP contribution is 2.19. The summed E-state index contributed by atoms with van der Waals surface area (Å²) in [6.07, 6.45) is 5.06. The Morgan fingerprint density at radius 3 is 2.71 bits per heavy atom. The van der Waals surface area contributed by atoms with E-state index in [0.717, 1.165) is 22.3 Å². The van der Waals surface area contributed by atoms with Gasteiger partial charge in [0.05, 0.1) is 17.4 Å². The molecular formula is C14H11N3. The van der Waals surface area contributed by atoms with E-state index in [0.29, 0.717) is 0 Å². The molecule has 2 heterocycles. The Morgan fingerprint density at radius 1 is 0.941 bits per heavy atom. The van der Waals surface area contributed by atoms with Gasteiger partial charge in [-0.05, 0) is 25.1 Å². The van der Waals surface area contributed by atoms with E-state index in [4.69, 9.17) is 0 Å². The van der Waals surface area contributed by atoms with E-state index < -0.39 is 0 Å². The van der Waals surface area contributed by atoms with E-state index in [1.807, 2.05) is 12.1 Å². The average Bonchev–Trinajstić information content (AvgIpc) is 2.39. The highest BCUT2D eigenvalue weighted by atomic mass is 14.8. The summed E-state index contributed by atoms with van der Waals surface area (Å²) in [5.41, 5.74) is 3.88. The number of benzene rings is 1. The minimum atomic E-state index is 0.801. The molecular weight excluding hydrogens is 210 g/mol. The fourth-order valence-corrected chi connectivity index (χ4v) is 1.82. The fraction of sp³-hybridized carbons (Fsp3) is 0.0714. The summed E-state index contributed by atoms with van der Waals surface area (Å²) < 4.78 is 0. The number of hydrogen-bond acceptors (Lipinski definition) is 3. The maximum atomic E-state index is 4.58. The standard InChI is InChI=1S/C14H11N3/c1-10-2-4-12-11(8-10)3-5-13(17-12)14-9-15-6-7-16-14/h2-9H,1H3. The summed E-state index contributed by atoms with van der Waals surface area (Å²) in [5, 5.41) is 1.15. The van der Waals surface area contributed by atoms with Gasteiger partial charge in [0.25, 0.3) is 0 Å². The second-order valence-corrected chi connectivity index (χ2v) is 3.98. The smallest absolute Gasteiger partial charge is 0.107 e. The minimum Gasteiger partial charge on any atom is -0.261 e. The molecule has 3 rings (SSSR count). The molecule has 0 spiro atoms. The zero-order valence-corrected chi connectivity index (χ0v) is 9.46. The van der Waals surface area contributed by atoms with E-state index in [1.54, 1.807) is 18.6 Å². The number of hydrogen-bond donors (Lipinski definition) is 0. The molecule has 82 valence electrons. The van der Waals surface area contributed by atoms with Crippen molar-refractivity contribution in [3.8, 4) is 11.4 Å². The first-order valence-electron chi connectivity index (χ1n) is 5.47. The van der Waals surface area contributed by atoms with Gasteiger partial charge in [0.1, 0.15) is 5.69 Å². The van der Waals surface area contributed by atoms with Crippen molar-refractivity contribution in [2.24, 2.45) is 0 Å². The van der Waals surface area contributed by atoms with Crippen molar-refractivity contribution >= 4 is 10.9 Å². The zero-order chi connectivity index (χ0) is 11.7. The van der Waals surface area contributed by atoms with Gasteiger partial charge in [-0.2, -0.15) is 0 Å². The van der Waals surface area contributed by atoms with Crippen LogP contribution in [-0.2, 0) is 0 Å². The van der Waals surface area contributed by atoms with Crippen LogP contribution in [-0.4, -0.2) is 15.0 Å². The molecule has 0 unspecified atom stereocenters. The normalized spacial score (nSPS) is 10.6. The average molecular weight is 221 g/mol. The van der Waals surface area contributed by atoms with Crippen molar-refractivity contribution in [3.63, 3.8) is 0 Å². The molecule has 0 radical (unpaired) electrons. The fourth-order valence-electron chi connectivity index (χ4n) is 1.82. The maximum absolute atomic E-state index is 4.58. The Hall–Kier alpha value is -2.29. The Balaban J connectivity index is 2.17. The van der Waals surface area contributed by atoms with Crippen molar-refractivity contribution in [1.29, 1.82) is 0 Å². The van der Waals surface area contributed by atoms with Gasteiger partial charge in [-0.3, -0.25) is 9.97 Å². The highest BCUT2D eigenvalue weighted by molar-refractivity contribution is 5.81. The van der Waals surface area contributed by atoms with E-state index >= 15 is 0 Å². The van der Waals surface area contributed by atoms with Crippen LogP contribution < -0.4 is 0 Å². The van der Waals surface area contributed by atoms with Crippen molar-refractivity contribution in [2.45, 2.75) is 6.92 Å². The SMILES string of the molecule is Cc1ccc2nc(-c3cnccn3)ccc2c1. The van der Waals surface area contributed by atoms with Crippen LogP contribution in [0.25, 0.3) is 22.3 Å². The minimum absolute atomic E-state index is 0.801. The van der Waals surface area contributed by atoms with Gasteiger partial charge in [-0.25, -0.2) is 4.98 Å². The molecule has 0 atom stereocenters. The van der Waals surface area contributed by atoms with Gasteiger partial charge in [0.15, 0.2) is 0 Å². The topological polar surface area (TPSA) is 38.7 Å². The molecule has 0 saturated carbocycles. The Labute approximate surface area is 99.2 Å². The van der Waals surface area contributed by atoms with Crippen LogP contribution in [0.1, 0.15) is 5.56 Å². The highest BCUT2D eigenvalue weighted by Gasteiger charge is 2.02. The monoisotopic (exact) mass is 221 g/mol. The van der Waals surface area contributed by atoms with Crippen LogP contribution in [0.5, 0.6) is 0 Å². The Bertz CT molecular complexity index is 663. The second-order valence-electron chi connectivity index (χ2n) is 3.98. The van der Waals surface area contributed by atoms with Crippen LogP contribution >= 0.6 is 0 Å². The quantitative estimate of drug-likeness (QED) is 0.634. The molecule has 2 aromatic heterocycles. The first-order chi connectivity index (χ1) is 8.33. The zero-order valence-electron chi connectivity index (χ0n) is 9.46. The molecule has 1 aromatic carbocycles. The van der Waals surface area contributed by atoms with Crippen LogP contribution in [0.15, 0.2) is 48.9 Å². The molecule has 3 aromatic rings. The second kappa shape index (κ2) is 3.94. The molecule has 0 aliphatic heterocycles. The number of rotatable bonds is 1. The molecule has 0 aliphatic carbocycles. The summed E-state index contributed by atoms with van der Waals surface area (Å²) in [5.74, 6) is 0. The third-order valence-electron chi connectivity index (χ3n) is 2.67.